The fraction of sp³-hybridized carbons (Fsp3) is 0.625. The van der Waals surface area contributed by atoms with Crippen LogP contribution in [0.1, 0.15) is 63.5 Å². The lowest BCUT2D eigenvalue weighted by atomic mass is 9.90. The second-order valence-electron chi connectivity index (χ2n) is 6.41. The van der Waals surface area contributed by atoms with Gasteiger partial charge in [0.15, 0.2) is 0 Å². The highest BCUT2D eigenvalue weighted by Gasteiger charge is 2.19. The number of nitrogens with one attached hydrogen (secondary N) is 2. The Hall–Kier alpha value is -1.62. The van der Waals surface area contributed by atoms with Crippen LogP contribution < -0.4 is 16.6 Å². The summed E-state index contributed by atoms with van der Waals surface area (Å²) in [6, 6.07) is 3.51. The summed E-state index contributed by atoms with van der Waals surface area (Å²) >= 11 is 0. The fourth-order valence-electron chi connectivity index (χ4n) is 2.04. The number of nitrogens with zero attached hydrogens (tertiary/aromatic N) is 1. The zero-order valence-corrected chi connectivity index (χ0v) is 13.8. The normalized spacial score (nSPS) is 11.6. The molecule has 1 aromatic heterocycles. The van der Waals surface area contributed by atoms with Gasteiger partial charge in [-0.15, -0.1) is 0 Å². The molecule has 0 atom stereocenters. The van der Waals surface area contributed by atoms with E-state index in [9.17, 15) is 4.79 Å². The summed E-state index contributed by atoms with van der Waals surface area (Å²) in [4.78, 5) is 16.7. The summed E-state index contributed by atoms with van der Waals surface area (Å²) in [6.07, 6.45) is 2.13. The fourth-order valence-corrected chi connectivity index (χ4v) is 2.04. The maximum atomic E-state index is 12.3. The van der Waals surface area contributed by atoms with Crippen molar-refractivity contribution in [1.82, 2.24) is 10.3 Å². The molecule has 0 aliphatic carbocycles. The summed E-state index contributed by atoms with van der Waals surface area (Å²) in [5, 5.41) is 3.00. The molecule has 0 radical (unpaired) electrons. The van der Waals surface area contributed by atoms with Crippen molar-refractivity contribution in [2.24, 2.45) is 11.8 Å². The summed E-state index contributed by atoms with van der Waals surface area (Å²) in [5.74, 6) is 6.40. The first kappa shape index (κ1) is 17.4. The number of carbonyl (C=O) groups is 1. The van der Waals surface area contributed by atoms with E-state index in [1.165, 1.54) is 0 Å². The van der Waals surface area contributed by atoms with E-state index in [4.69, 9.17) is 5.84 Å². The maximum absolute atomic E-state index is 12.3. The molecule has 0 aliphatic heterocycles. The van der Waals surface area contributed by atoms with E-state index in [0.717, 1.165) is 18.5 Å². The van der Waals surface area contributed by atoms with Gasteiger partial charge in [-0.05, 0) is 18.1 Å². The molecule has 21 heavy (non-hydrogen) atoms. The number of amides is 1. The molecule has 0 spiro atoms. The minimum absolute atomic E-state index is 0.0775. The van der Waals surface area contributed by atoms with Crippen LogP contribution in [0.5, 0.6) is 0 Å². The molecule has 0 saturated heterocycles. The molecule has 5 nitrogen and oxygen atoms in total. The van der Waals surface area contributed by atoms with Gasteiger partial charge in [0.1, 0.15) is 5.82 Å². The first-order valence-electron chi connectivity index (χ1n) is 7.59. The lowest BCUT2D eigenvalue weighted by Crippen LogP contribution is -2.29. The van der Waals surface area contributed by atoms with E-state index in [1.54, 1.807) is 6.07 Å². The van der Waals surface area contributed by atoms with Crippen molar-refractivity contribution < 1.29 is 4.79 Å². The lowest BCUT2D eigenvalue weighted by molar-refractivity contribution is 0.0946. The Morgan fingerprint density at radius 3 is 2.38 bits per heavy atom. The molecule has 0 aromatic carbocycles. The van der Waals surface area contributed by atoms with Crippen molar-refractivity contribution in [2.75, 3.05) is 12.0 Å². The average molecular weight is 292 g/mol. The van der Waals surface area contributed by atoms with Crippen LogP contribution in [-0.2, 0) is 5.41 Å². The lowest BCUT2D eigenvalue weighted by Gasteiger charge is -2.20. The predicted octanol–water partition coefficient (Wildman–Crippen LogP) is 2.83. The Morgan fingerprint density at radius 1 is 1.29 bits per heavy atom. The number of hydrogen-bond acceptors (Lipinski definition) is 4. The molecule has 1 rings (SSSR count). The molecule has 0 unspecified atom stereocenters. The second kappa shape index (κ2) is 7.41. The van der Waals surface area contributed by atoms with Crippen LogP contribution in [-0.4, -0.2) is 17.4 Å². The zero-order chi connectivity index (χ0) is 16.0. The molecule has 1 heterocycles. The van der Waals surface area contributed by atoms with E-state index in [0.29, 0.717) is 23.8 Å². The van der Waals surface area contributed by atoms with E-state index >= 15 is 0 Å². The highest BCUT2D eigenvalue weighted by atomic mass is 16.1. The summed E-state index contributed by atoms with van der Waals surface area (Å²) in [5.41, 5.74) is 3.82. The Balaban J connectivity index is 2.93. The van der Waals surface area contributed by atoms with Gasteiger partial charge in [-0.3, -0.25) is 4.79 Å². The highest BCUT2D eigenvalue weighted by Crippen LogP contribution is 2.23. The van der Waals surface area contributed by atoms with Crippen LogP contribution in [0.4, 0.5) is 5.82 Å². The number of aromatic nitrogens is 1. The standard InChI is InChI=1S/C16H28N4O/c1-6-11(7-2)10-18-15(21)12-8-13(16(3,4)5)19-14(9-12)20-17/h8-9,11H,6-7,10,17H2,1-5H3,(H,18,21)(H,19,20). The molecule has 0 bridgehead atoms. The second-order valence-corrected chi connectivity index (χ2v) is 6.41. The maximum Gasteiger partial charge on any atom is 0.251 e. The molecule has 118 valence electrons. The minimum Gasteiger partial charge on any atom is -0.352 e. The molecule has 5 heteroatoms. The van der Waals surface area contributed by atoms with E-state index in [-0.39, 0.29) is 11.3 Å². The summed E-state index contributed by atoms with van der Waals surface area (Å²) in [6.45, 7) is 11.1. The zero-order valence-electron chi connectivity index (χ0n) is 13.8. The Morgan fingerprint density at radius 2 is 1.90 bits per heavy atom. The van der Waals surface area contributed by atoms with Gasteiger partial charge in [0.05, 0.1) is 0 Å². The van der Waals surface area contributed by atoms with Crippen LogP contribution in [0.25, 0.3) is 0 Å². The minimum atomic E-state index is -0.142. The van der Waals surface area contributed by atoms with E-state index in [2.05, 4.69) is 50.3 Å². The predicted molar refractivity (Wildman–Crippen MR) is 87.2 cm³/mol. The molecule has 0 aliphatic rings. The highest BCUT2D eigenvalue weighted by molar-refractivity contribution is 5.95. The largest absolute Gasteiger partial charge is 0.352 e. The average Bonchev–Trinajstić information content (AvgIpc) is 2.46. The topological polar surface area (TPSA) is 80.0 Å². The summed E-state index contributed by atoms with van der Waals surface area (Å²) in [7, 11) is 0. The summed E-state index contributed by atoms with van der Waals surface area (Å²) < 4.78 is 0. The van der Waals surface area contributed by atoms with Gasteiger partial charge in [-0.25, -0.2) is 10.8 Å². The Labute approximate surface area is 127 Å². The third-order valence-electron chi connectivity index (χ3n) is 3.71. The van der Waals surface area contributed by atoms with Crippen molar-refractivity contribution in [3.8, 4) is 0 Å². The number of nitrogens with two attached hydrogens (primary N) is 1. The molecular weight excluding hydrogens is 264 g/mol. The van der Waals surface area contributed by atoms with Crippen LogP contribution in [0.2, 0.25) is 0 Å². The van der Waals surface area contributed by atoms with Crippen LogP contribution in [0, 0.1) is 5.92 Å². The quantitative estimate of drug-likeness (QED) is 0.556. The molecule has 0 fully saturated rings. The third kappa shape index (κ3) is 5.01. The van der Waals surface area contributed by atoms with Crippen molar-refractivity contribution in [2.45, 2.75) is 52.9 Å². The van der Waals surface area contributed by atoms with Crippen molar-refractivity contribution in [1.29, 1.82) is 0 Å². The first-order chi connectivity index (χ1) is 9.81. The van der Waals surface area contributed by atoms with Gasteiger partial charge >= 0.3 is 0 Å². The molecule has 1 aromatic rings. The SMILES string of the molecule is CCC(CC)CNC(=O)c1cc(NN)nc(C(C)(C)C)c1. The Kier molecular flexibility index (Phi) is 6.15. The molecule has 0 saturated carbocycles. The number of hydrazine groups is 1. The van der Waals surface area contributed by atoms with Crippen LogP contribution in [0.3, 0.4) is 0 Å². The third-order valence-corrected chi connectivity index (χ3v) is 3.71. The van der Waals surface area contributed by atoms with Gasteiger partial charge in [0.25, 0.3) is 5.91 Å². The van der Waals surface area contributed by atoms with Gasteiger partial charge < -0.3 is 10.7 Å². The first-order valence-corrected chi connectivity index (χ1v) is 7.59. The number of carbonyl (C=O) groups excluding carboxylic acids is 1. The number of anilines is 1. The number of pyridine rings is 1. The van der Waals surface area contributed by atoms with Gasteiger partial charge in [0, 0.05) is 23.2 Å². The number of rotatable bonds is 6. The molecule has 4 N–H and O–H groups in total. The van der Waals surface area contributed by atoms with Crippen LogP contribution in [0.15, 0.2) is 12.1 Å². The Bertz CT molecular complexity index is 476. The van der Waals surface area contributed by atoms with E-state index < -0.39 is 0 Å². The smallest absolute Gasteiger partial charge is 0.251 e. The van der Waals surface area contributed by atoms with Crippen LogP contribution >= 0.6 is 0 Å². The van der Waals surface area contributed by atoms with Gasteiger partial charge in [0.2, 0.25) is 0 Å². The molecule has 1 amide bonds. The number of nitrogen functional groups attached to an aromatic ring is 1. The monoisotopic (exact) mass is 292 g/mol. The number of hydrogen-bond donors (Lipinski definition) is 3. The van der Waals surface area contributed by atoms with Gasteiger partial charge in [-0.1, -0.05) is 47.5 Å². The van der Waals surface area contributed by atoms with Crippen molar-refractivity contribution in [3.63, 3.8) is 0 Å². The van der Waals surface area contributed by atoms with Crippen molar-refractivity contribution in [3.05, 3.63) is 23.4 Å². The van der Waals surface area contributed by atoms with Gasteiger partial charge in [-0.2, -0.15) is 0 Å². The van der Waals surface area contributed by atoms with Crippen molar-refractivity contribution >= 4 is 11.7 Å². The van der Waals surface area contributed by atoms with E-state index in [1.807, 2.05) is 6.07 Å². The molecular formula is C16H28N4O.